The van der Waals surface area contributed by atoms with Gasteiger partial charge in [0.1, 0.15) is 5.15 Å². The molecular formula is C15H16Cl2N2O2. The number of nitrogens with one attached hydrogen (secondary N) is 1. The summed E-state index contributed by atoms with van der Waals surface area (Å²) in [4.78, 5) is 26.9. The van der Waals surface area contributed by atoms with Crippen LogP contribution in [-0.4, -0.2) is 9.55 Å². The van der Waals surface area contributed by atoms with Gasteiger partial charge < -0.3 is 0 Å². The van der Waals surface area contributed by atoms with Crippen LogP contribution in [0.15, 0.2) is 33.9 Å². The molecule has 4 nitrogen and oxygen atoms in total. The second-order valence-corrected chi connectivity index (χ2v) is 5.60. The average Bonchev–Trinajstić information content (AvgIpc) is 2.44. The Labute approximate surface area is 132 Å². The van der Waals surface area contributed by atoms with Crippen molar-refractivity contribution in [1.29, 1.82) is 0 Å². The van der Waals surface area contributed by atoms with Gasteiger partial charge in [0.15, 0.2) is 0 Å². The summed E-state index contributed by atoms with van der Waals surface area (Å²) >= 11 is 11.9. The maximum atomic E-state index is 12.5. The third-order valence-corrected chi connectivity index (χ3v) is 3.79. The molecule has 0 amide bonds. The predicted octanol–water partition coefficient (Wildman–Crippen LogP) is 3.70. The van der Waals surface area contributed by atoms with Gasteiger partial charge in [-0.25, -0.2) is 4.79 Å². The topological polar surface area (TPSA) is 54.9 Å². The minimum absolute atomic E-state index is 0.0547. The zero-order valence-electron chi connectivity index (χ0n) is 11.7. The van der Waals surface area contributed by atoms with Crippen LogP contribution in [0, 0.1) is 0 Å². The number of halogens is 2. The fourth-order valence-corrected chi connectivity index (χ4v) is 2.53. The van der Waals surface area contributed by atoms with E-state index in [-0.39, 0.29) is 10.7 Å². The highest BCUT2D eigenvalue weighted by Crippen LogP contribution is 2.23. The Bertz CT molecular complexity index is 733. The Balaban J connectivity index is 2.51. The van der Waals surface area contributed by atoms with E-state index in [0.29, 0.717) is 22.7 Å². The van der Waals surface area contributed by atoms with Crippen molar-refractivity contribution >= 4 is 23.2 Å². The summed E-state index contributed by atoms with van der Waals surface area (Å²) in [5, 5.41) is 0.627. The van der Waals surface area contributed by atoms with Crippen LogP contribution in [0.4, 0.5) is 0 Å². The van der Waals surface area contributed by atoms with Crippen LogP contribution in [0.2, 0.25) is 10.2 Å². The third kappa shape index (κ3) is 3.57. The predicted molar refractivity (Wildman–Crippen MR) is 86.3 cm³/mol. The van der Waals surface area contributed by atoms with E-state index in [9.17, 15) is 9.59 Å². The number of H-pyrrole nitrogens is 1. The summed E-state index contributed by atoms with van der Waals surface area (Å²) in [7, 11) is 0. The van der Waals surface area contributed by atoms with Crippen molar-refractivity contribution in [1.82, 2.24) is 9.55 Å². The molecule has 0 bridgehead atoms. The zero-order chi connectivity index (χ0) is 15.4. The quantitative estimate of drug-likeness (QED) is 0.672. The fourth-order valence-electron chi connectivity index (χ4n) is 2.13. The van der Waals surface area contributed by atoms with Crippen LogP contribution >= 0.6 is 23.2 Å². The number of hydrogen-bond donors (Lipinski definition) is 1. The summed E-state index contributed by atoms with van der Waals surface area (Å²) in [6.07, 6.45) is 2.76. The van der Waals surface area contributed by atoms with Crippen LogP contribution in [0.3, 0.4) is 0 Å². The van der Waals surface area contributed by atoms with E-state index in [0.717, 1.165) is 19.3 Å². The lowest BCUT2D eigenvalue weighted by Crippen LogP contribution is -2.36. The summed E-state index contributed by atoms with van der Waals surface area (Å²) in [5.74, 6) is 0. The first-order valence-corrected chi connectivity index (χ1v) is 7.58. The number of rotatable bonds is 5. The number of nitrogens with zero attached hydrogens (tertiary/aromatic N) is 1. The number of aromatic amines is 1. The first-order chi connectivity index (χ1) is 10.0. The van der Waals surface area contributed by atoms with Crippen molar-refractivity contribution < 1.29 is 0 Å². The molecule has 0 aliphatic rings. The van der Waals surface area contributed by atoms with Crippen molar-refractivity contribution in [3.63, 3.8) is 0 Å². The molecule has 1 heterocycles. The number of benzene rings is 1. The molecule has 112 valence electrons. The SMILES string of the molecule is CCCCCn1c(=O)[nH]c(Cl)c(-c2ccc(Cl)cc2)c1=O. The molecule has 1 aromatic carbocycles. The molecule has 2 aromatic rings. The van der Waals surface area contributed by atoms with Gasteiger partial charge in [0.2, 0.25) is 0 Å². The van der Waals surface area contributed by atoms with Gasteiger partial charge in [0.25, 0.3) is 5.56 Å². The van der Waals surface area contributed by atoms with E-state index < -0.39 is 5.69 Å². The highest BCUT2D eigenvalue weighted by atomic mass is 35.5. The smallest absolute Gasteiger partial charge is 0.297 e. The van der Waals surface area contributed by atoms with Crippen molar-refractivity contribution in [3.8, 4) is 11.1 Å². The molecule has 6 heteroatoms. The third-order valence-electron chi connectivity index (χ3n) is 3.26. The zero-order valence-corrected chi connectivity index (χ0v) is 13.2. The molecule has 0 spiro atoms. The minimum Gasteiger partial charge on any atom is -0.297 e. The lowest BCUT2D eigenvalue weighted by Gasteiger charge is -2.09. The first-order valence-electron chi connectivity index (χ1n) is 6.83. The largest absolute Gasteiger partial charge is 0.329 e. The Kier molecular flexibility index (Phi) is 5.26. The lowest BCUT2D eigenvalue weighted by atomic mass is 10.1. The molecule has 0 saturated carbocycles. The van der Waals surface area contributed by atoms with Crippen LogP contribution in [-0.2, 0) is 6.54 Å². The van der Waals surface area contributed by atoms with Gasteiger partial charge in [-0.1, -0.05) is 55.1 Å². The lowest BCUT2D eigenvalue weighted by molar-refractivity contribution is 0.564. The van der Waals surface area contributed by atoms with Crippen LogP contribution in [0.25, 0.3) is 11.1 Å². The Morgan fingerprint density at radius 3 is 2.38 bits per heavy atom. The second kappa shape index (κ2) is 6.96. The molecule has 0 aliphatic carbocycles. The first kappa shape index (κ1) is 15.9. The molecule has 2 rings (SSSR count). The molecular weight excluding hydrogens is 311 g/mol. The van der Waals surface area contributed by atoms with Crippen molar-refractivity contribution in [2.45, 2.75) is 32.7 Å². The molecule has 0 aliphatic heterocycles. The second-order valence-electron chi connectivity index (χ2n) is 4.79. The molecule has 21 heavy (non-hydrogen) atoms. The van der Waals surface area contributed by atoms with E-state index in [1.54, 1.807) is 24.3 Å². The molecule has 0 fully saturated rings. The summed E-state index contributed by atoms with van der Waals surface area (Å²) in [6.45, 7) is 2.45. The Morgan fingerprint density at radius 1 is 1.10 bits per heavy atom. The highest BCUT2D eigenvalue weighted by molar-refractivity contribution is 6.32. The summed E-state index contributed by atoms with van der Waals surface area (Å²) in [6, 6.07) is 6.78. The highest BCUT2D eigenvalue weighted by Gasteiger charge is 2.14. The maximum Gasteiger partial charge on any atom is 0.329 e. The maximum absolute atomic E-state index is 12.5. The van der Waals surface area contributed by atoms with Crippen LogP contribution < -0.4 is 11.2 Å². The van der Waals surface area contributed by atoms with E-state index in [2.05, 4.69) is 11.9 Å². The molecule has 0 radical (unpaired) electrons. The van der Waals surface area contributed by atoms with Gasteiger partial charge in [0.05, 0.1) is 5.56 Å². The summed E-state index contributed by atoms with van der Waals surface area (Å²) in [5.41, 5.74) is 0.0836. The summed E-state index contributed by atoms with van der Waals surface area (Å²) < 4.78 is 1.20. The number of aromatic nitrogens is 2. The molecule has 1 N–H and O–H groups in total. The standard InChI is InChI=1S/C15H16Cl2N2O2/c1-2-3-4-9-19-14(20)12(13(17)18-15(19)21)10-5-7-11(16)8-6-10/h5-8H,2-4,9H2,1H3,(H,18,21). The normalized spacial score (nSPS) is 10.8. The van der Waals surface area contributed by atoms with Crippen LogP contribution in [0.1, 0.15) is 26.2 Å². The average molecular weight is 327 g/mol. The van der Waals surface area contributed by atoms with Crippen molar-refractivity contribution in [3.05, 3.63) is 55.3 Å². The molecule has 0 saturated heterocycles. The van der Waals surface area contributed by atoms with E-state index in [4.69, 9.17) is 23.2 Å². The van der Waals surface area contributed by atoms with E-state index in [1.807, 2.05) is 0 Å². The molecule has 1 aromatic heterocycles. The van der Waals surface area contributed by atoms with Gasteiger partial charge >= 0.3 is 5.69 Å². The van der Waals surface area contributed by atoms with Crippen molar-refractivity contribution in [2.24, 2.45) is 0 Å². The van der Waals surface area contributed by atoms with Crippen molar-refractivity contribution in [2.75, 3.05) is 0 Å². The Morgan fingerprint density at radius 2 is 1.76 bits per heavy atom. The minimum atomic E-state index is -0.473. The number of unbranched alkanes of at least 4 members (excludes halogenated alkanes) is 2. The fraction of sp³-hybridized carbons (Fsp3) is 0.333. The Hall–Kier alpha value is -1.52. The van der Waals surface area contributed by atoms with Gasteiger partial charge in [0, 0.05) is 11.6 Å². The van der Waals surface area contributed by atoms with Gasteiger partial charge in [-0.15, -0.1) is 0 Å². The monoisotopic (exact) mass is 326 g/mol. The van der Waals surface area contributed by atoms with E-state index >= 15 is 0 Å². The van der Waals surface area contributed by atoms with E-state index in [1.165, 1.54) is 4.57 Å². The molecule has 0 unspecified atom stereocenters. The molecule has 0 atom stereocenters. The van der Waals surface area contributed by atoms with Gasteiger partial charge in [-0.05, 0) is 24.1 Å². The van der Waals surface area contributed by atoms with Gasteiger partial charge in [-0.3, -0.25) is 14.3 Å². The number of hydrogen-bond acceptors (Lipinski definition) is 2. The van der Waals surface area contributed by atoms with Gasteiger partial charge in [-0.2, -0.15) is 0 Å². The van der Waals surface area contributed by atoms with Crippen LogP contribution in [0.5, 0.6) is 0 Å².